The van der Waals surface area contributed by atoms with Gasteiger partial charge in [-0.15, -0.1) is 0 Å². The number of allylic oxidation sites excluding steroid dienone is 2. The van der Waals surface area contributed by atoms with Crippen molar-refractivity contribution in [2.75, 3.05) is 12.4 Å². The molecule has 1 amide bonds. The maximum atomic E-state index is 16.3. The fourth-order valence-electron chi connectivity index (χ4n) is 4.19. The molecule has 0 radical (unpaired) electrons. The Morgan fingerprint density at radius 3 is 2.62 bits per heavy atom. The van der Waals surface area contributed by atoms with Crippen LogP contribution in [-0.4, -0.2) is 26.4 Å². The van der Waals surface area contributed by atoms with Crippen LogP contribution in [0.3, 0.4) is 0 Å². The van der Waals surface area contributed by atoms with Gasteiger partial charge in [-0.2, -0.15) is 0 Å². The average molecular weight is 435 g/mol. The molecule has 2 aromatic carbocycles. The molecule has 0 fully saturated rings. The van der Waals surface area contributed by atoms with Crippen molar-refractivity contribution in [3.05, 3.63) is 70.9 Å². The highest BCUT2D eigenvalue weighted by atomic mass is 35.5. The SMILES string of the molecule is CNC(=O)C(F)(C1C=C2Nc3ccc(Cl)cc3[C@H]2CC1)S(=O)(=O)c1ccccc1. The summed E-state index contributed by atoms with van der Waals surface area (Å²) in [6, 6.07) is 12.7. The Kier molecular flexibility index (Phi) is 4.91. The Bertz CT molecular complexity index is 1100. The quantitative estimate of drug-likeness (QED) is 0.761. The van der Waals surface area contributed by atoms with E-state index in [1.807, 2.05) is 12.1 Å². The van der Waals surface area contributed by atoms with Crippen LogP contribution in [0.25, 0.3) is 0 Å². The minimum absolute atomic E-state index is 0.0201. The number of amides is 1. The number of hydrogen-bond donors (Lipinski definition) is 2. The Balaban J connectivity index is 1.78. The summed E-state index contributed by atoms with van der Waals surface area (Å²) in [6.07, 6.45) is 2.26. The van der Waals surface area contributed by atoms with Crippen LogP contribution in [0.4, 0.5) is 10.1 Å². The molecule has 1 heterocycles. The second-order valence-electron chi connectivity index (χ2n) is 7.26. The van der Waals surface area contributed by atoms with E-state index in [9.17, 15) is 13.2 Å². The lowest BCUT2D eigenvalue weighted by Crippen LogP contribution is -2.53. The van der Waals surface area contributed by atoms with Gasteiger partial charge in [-0.25, -0.2) is 12.8 Å². The van der Waals surface area contributed by atoms with Crippen LogP contribution in [0, 0.1) is 5.92 Å². The number of benzene rings is 2. The molecule has 5 nitrogen and oxygen atoms in total. The molecule has 0 aromatic heterocycles. The van der Waals surface area contributed by atoms with Crippen LogP contribution < -0.4 is 10.6 Å². The monoisotopic (exact) mass is 434 g/mol. The highest BCUT2D eigenvalue weighted by molar-refractivity contribution is 7.93. The molecule has 29 heavy (non-hydrogen) atoms. The first-order chi connectivity index (χ1) is 13.8. The fourth-order valence-corrected chi connectivity index (χ4v) is 6.15. The zero-order valence-electron chi connectivity index (χ0n) is 15.7. The van der Waals surface area contributed by atoms with Crippen molar-refractivity contribution < 1.29 is 17.6 Å². The van der Waals surface area contributed by atoms with E-state index in [1.165, 1.54) is 31.3 Å². The van der Waals surface area contributed by atoms with Gasteiger partial charge >= 0.3 is 0 Å². The standard InChI is InChI=1S/C21H20ClFN2O3S/c1-24-20(26)21(23,29(27,28)15-5-3-2-4-6-15)13-7-9-16-17-12-14(22)8-10-18(17)25-19(16)11-13/h2-6,8,10-13,16,25H,7,9H2,1H3,(H,24,26)/t13?,16-,21?/m1/s1. The van der Waals surface area contributed by atoms with Gasteiger partial charge in [0.05, 0.1) is 4.90 Å². The Labute approximate surface area is 173 Å². The lowest BCUT2D eigenvalue weighted by molar-refractivity contribution is -0.129. The number of fused-ring (bicyclic) bond motifs is 3. The Morgan fingerprint density at radius 1 is 1.21 bits per heavy atom. The van der Waals surface area contributed by atoms with Crippen LogP contribution >= 0.6 is 11.6 Å². The summed E-state index contributed by atoms with van der Waals surface area (Å²) >= 11 is 6.10. The molecule has 2 N–H and O–H groups in total. The molecule has 1 aliphatic heterocycles. The van der Waals surface area contributed by atoms with E-state index in [-0.39, 0.29) is 17.2 Å². The number of rotatable bonds is 4. The minimum Gasteiger partial charge on any atom is -0.358 e. The first kappa shape index (κ1) is 19.9. The van der Waals surface area contributed by atoms with Gasteiger partial charge in [0.1, 0.15) is 0 Å². The first-order valence-corrected chi connectivity index (χ1v) is 11.1. The van der Waals surface area contributed by atoms with Gasteiger partial charge in [-0.1, -0.05) is 35.9 Å². The van der Waals surface area contributed by atoms with Crippen molar-refractivity contribution in [3.8, 4) is 0 Å². The van der Waals surface area contributed by atoms with Gasteiger partial charge in [0, 0.05) is 35.3 Å². The third-order valence-electron chi connectivity index (χ3n) is 5.65. The van der Waals surface area contributed by atoms with Gasteiger partial charge in [0.2, 0.25) is 9.84 Å². The highest BCUT2D eigenvalue weighted by Crippen LogP contribution is 2.49. The van der Waals surface area contributed by atoms with Crippen molar-refractivity contribution in [2.45, 2.75) is 28.7 Å². The van der Waals surface area contributed by atoms with E-state index in [4.69, 9.17) is 11.6 Å². The molecule has 0 saturated carbocycles. The van der Waals surface area contributed by atoms with E-state index >= 15 is 4.39 Å². The maximum absolute atomic E-state index is 16.3. The summed E-state index contributed by atoms with van der Waals surface area (Å²) < 4.78 is 42.7. The second-order valence-corrected chi connectivity index (χ2v) is 9.76. The second kappa shape index (κ2) is 7.15. The van der Waals surface area contributed by atoms with E-state index in [0.29, 0.717) is 17.1 Å². The third-order valence-corrected chi connectivity index (χ3v) is 8.05. The molecule has 2 unspecified atom stereocenters. The number of alkyl halides is 1. The molecule has 0 saturated heterocycles. The molecular weight excluding hydrogens is 415 g/mol. The Hall–Kier alpha value is -2.38. The zero-order valence-corrected chi connectivity index (χ0v) is 17.2. The van der Waals surface area contributed by atoms with Crippen molar-refractivity contribution in [1.82, 2.24) is 5.32 Å². The van der Waals surface area contributed by atoms with Crippen molar-refractivity contribution in [1.29, 1.82) is 0 Å². The van der Waals surface area contributed by atoms with E-state index in [2.05, 4.69) is 10.6 Å². The summed E-state index contributed by atoms with van der Waals surface area (Å²) in [5.41, 5.74) is 2.56. The van der Waals surface area contributed by atoms with Crippen molar-refractivity contribution in [2.24, 2.45) is 5.92 Å². The molecule has 2 aliphatic rings. The van der Waals surface area contributed by atoms with Crippen LogP contribution in [-0.2, 0) is 14.6 Å². The van der Waals surface area contributed by atoms with E-state index in [1.54, 1.807) is 18.2 Å². The predicted molar refractivity (Wildman–Crippen MR) is 110 cm³/mol. The number of carbonyl (C=O) groups is 1. The number of nitrogens with one attached hydrogen (secondary N) is 2. The molecule has 152 valence electrons. The minimum atomic E-state index is -4.59. The summed E-state index contributed by atoms with van der Waals surface area (Å²) in [7, 11) is -3.35. The molecule has 2 aromatic rings. The predicted octanol–water partition coefficient (Wildman–Crippen LogP) is 4.03. The smallest absolute Gasteiger partial charge is 0.298 e. The van der Waals surface area contributed by atoms with Gasteiger partial charge in [0.15, 0.2) is 0 Å². The number of carbonyl (C=O) groups excluding carboxylic acids is 1. The summed E-state index contributed by atoms with van der Waals surface area (Å²) in [5.74, 6) is -2.32. The number of hydrogen-bond acceptors (Lipinski definition) is 4. The Morgan fingerprint density at radius 2 is 1.93 bits per heavy atom. The summed E-state index contributed by atoms with van der Waals surface area (Å²) in [6.45, 7) is 0. The van der Waals surface area contributed by atoms with Crippen LogP contribution in [0.2, 0.25) is 5.02 Å². The molecule has 8 heteroatoms. The fraction of sp³-hybridized carbons (Fsp3) is 0.286. The first-order valence-electron chi connectivity index (χ1n) is 9.28. The van der Waals surface area contributed by atoms with Crippen LogP contribution in [0.1, 0.15) is 24.3 Å². The molecule has 4 rings (SSSR count). The number of sulfone groups is 1. The molecule has 0 bridgehead atoms. The largest absolute Gasteiger partial charge is 0.358 e. The van der Waals surface area contributed by atoms with Gasteiger partial charge in [-0.3, -0.25) is 4.79 Å². The summed E-state index contributed by atoms with van der Waals surface area (Å²) in [5, 5.41) is 2.91. The molecule has 1 aliphatic carbocycles. The topological polar surface area (TPSA) is 75.3 Å². The van der Waals surface area contributed by atoms with Gasteiger partial charge in [-0.05, 0) is 48.7 Å². The number of halogens is 2. The van der Waals surface area contributed by atoms with Crippen LogP contribution in [0.5, 0.6) is 0 Å². The van der Waals surface area contributed by atoms with Gasteiger partial charge in [0.25, 0.3) is 10.9 Å². The van der Waals surface area contributed by atoms with E-state index in [0.717, 1.165) is 11.3 Å². The zero-order chi connectivity index (χ0) is 20.8. The molecule has 0 spiro atoms. The maximum Gasteiger partial charge on any atom is 0.298 e. The molecular formula is C21H20ClFN2O3S. The van der Waals surface area contributed by atoms with Crippen molar-refractivity contribution >= 4 is 33.0 Å². The van der Waals surface area contributed by atoms with Crippen molar-refractivity contribution in [3.63, 3.8) is 0 Å². The highest BCUT2D eigenvalue weighted by Gasteiger charge is 2.58. The third kappa shape index (κ3) is 3.04. The summed E-state index contributed by atoms with van der Waals surface area (Å²) in [4.78, 5) is 12.4. The number of anilines is 1. The van der Waals surface area contributed by atoms with Gasteiger partial charge < -0.3 is 10.6 Å². The van der Waals surface area contributed by atoms with Crippen LogP contribution in [0.15, 0.2) is 65.2 Å². The normalized spacial score (nSPS) is 22.5. The lowest BCUT2D eigenvalue weighted by atomic mass is 9.81. The lowest BCUT2D eigenvalue weighted by Gasteiger charge is -2.34. The average Bonchev–Trinajstić information content (AvgIpc) is 3.10. The van der Waals surface area contributed by atoms with E-state index < -0.39 is 26.7 Å². The molecule has 3 atom stereocenters.